The van der Waals surface area contributed by atoms with E-state index < -0.39 is 5.66 Å². The Labute approximate surface area is 166 Å². The van der Waals surface area contributed by atoms with Crippen molar-refractivity contribution >= 4 is 23.4 Å². The summed E-state index contributed by atoms with van der Waals surface area (Å²) in [4.78, 5) is 38.5. The number of carbonyl (C=O) groups excluding carboxylic acids is 2. The molecule has 0 bridgehead atoms. The molecule has 0 radical (unpaired) electrons. The number of nitrogens with zero attached hydrogens (tertiary/aromatic N) is 5. The minimum Gasteiger partial charge on any atom is -0.330 e. The van der Waals surface area contributed by atoms with Gasteiger partial charge in [-0.1, -0.05) is 23.7 Å². The maximum Gasteiger partial charge on any atom is 0.274 e. The van der Waals surface area contributed by atoms with Gasteiger partial charge in [-0.15, -0.1) is 0 Å². The van der Waals surface area contributed by atoms with Crippen LogP contribution in [0, 0.1) is 0 Å². The van der Waals surface area contributed by atoms with E-state index in [1.54, 1.807) is 64.5 Å². The van der Waals surface area contributed by atoms with Crippen LogP contribution in [-0.2, 0) is 12.7 Å². The maximum atomic E-state index is 13.5. The number of aromatic nitrogens is 3. The molecule has 1 aromatic carbocycles. The molecule has 2 aliphatic rings. The van der Waals surface area contributed by atoms with Crippen molar-refractivity contribution in [1.29, 1.82) is 0 Å². The van der Waals surface area contributed by atoms with Crippen molar-refractivity contribution in [2.75, 3.05) is 13.1 Å². The average molecular weight is 394 g/mol. The standard InChI is InChI=1S/C20H16ClN5O2/c1-24-12-23-11-17(24)19(28)26-9-8-25-18(27)15-6-7-22-10-16(15)20(25,26)13-2-4-14(21)5-3-13/h2-7,10-12H,8-9H2,1H3. The number of benzene rings is 1. The van der Waals surface area contributed by atoms with Gasteiger partial charge < -0.3 is 14.4 Å². The van der Waals surface area contributed by atoms with E-state index in [1.165, 1.54) is 0 Å². The van der Waals surface area contributed by atoms with Crippen LogP contribution in [0.4, 0.5) is 0 Å². The Morgan fingerprint density at radius 2 is 1.89 bits per heavy atom. The quantitative estimate of drug-likeness (QED) is 0.669. The third-order valence-corrected chi connectivity index (χ3v) is 5.78. The summed E-state index contributed by atoms with van der Waals surface area (Å²) >= 11 is 6.10. The van der Waals surface area contributed by atoms with Crippen LogP contribution in [0.2, 0.25) is 5.02 Å². The Bertz CT molecular complexity index is 1110. The molecule has 0 saturated carbocycles. The molecule has 2 aromatic heterocycles. The predicted octanol–water partition coefficient (Wildman–Crippen LogP) is 2.28. The van der Waals surface area contributed by atoms with Gasteiger partial charge in [0.05, 0.1) is 18.1 Å². The number of halogens is 1. The molecule has 4 heterocycles. The molecule has 1 fully saturated rings. The smallest absolute Gasteiger partial charge is 0.274 e. The monoisotopic (exact) mass is 393 g/mol. The molecular formula is C20H16ClN5O2. The Morgan fingerprint density at radius 3 is 2.61 bits per heavy atom. The van der Waals surface area contributed by atoms with Crippen molar-refractivity contribution in [2.24, 2.45) is 7.05 Å². The Morgan fingerprint density at radius 1 is 1.11 bits per heavy atom. The number of carbonyl (C=O) groups is 2. The summed E-state index contributed by atoms with van der Waals surface area (Å²) in [5, 5.41) is 0.588. The van der Waals surface area contributed by atoms with Crippen LogP contribution in [0.3, 0.4) is 0 Å². The normalized spacial score (nSPS) is 20.4. The zero-order valence-corrected chi connectivity index (χ0v) is 15.8. The molecule has 3 aromatic rings. The lowest BCUT2D eigenvalue weighted by molar-refractivity contribution is 0.0368. The van der Waals surface area contributed by atoms with Crippen molar-refractivity contribution in [3.8, 4) is 0 Å². The van der Waals surface area contributed by atoms with Crippen molar-refractivity contribution in [3.63, 3.8) is 0 Å². The lowest BCUT2D eigenvalue weighted by Crippen LogP contribution is -2.51. The van der Waals surface area contributed by atoms with Crippen molar-refractivity contribution in [1.82, 2.24) is 24.3 Å². The maximum absolute atomic E-state index is 13.5. The zero-order valence-electron chi connectivity index (χ0n) is 15.0. The zero-order chi connectivity index (χ0) is 19.5. The number of aryl methyl sites for hydroxylation is 1. The number of fused-ring (bicyclic) bond motifs is 3. The molecule has 1 saturated heterocycles. The van der Waals surface area contributed by atoms with Crippen LogP contribution in [0.15, 0.2) is 55.2 Å². The SMILES string of the molecule is Cn1cncc1C(=O)N1CCN2C(=O)c3ccncc3C21c1ccc(Cl)cc1. The molecule has 2 amide bonds. The largest absolute Gasteiger partial charge is 0.330 e. The van der Waals surface area contributed by atoms with Gasteiger partial charge in [0.25, 0.3) is 11.8 Å². The summed E-state index contributed by atoms with van der Waals surface area (Å²) < 4.78 is 1.68. The Kier molecular flexibility index (Phi) is 3.57. The average Bonchev–Trinajstić information content (AvgIpc) is 3.37. The summed E-state index contributed by atoms with van der Waals surface area (Å²) in [6.45, 7) is 0.840. The van der Waals surface area contributed by atoms with Crippen LogP contribution in [0.5, 0.6) is 0 Å². The lowest BCUT2D eigenvalue weighted by atomic mass is 9.91. The summed E-state index contributed by atoms with van der Waals surface area (Å²) in [5.74, 6) is -0.297. The first-order valence-electron chi connectivity index (χ1n) is 8.86. The Balaban J connectivity index is 1.77. The number of imidazole rings is 1. The first-order chi connectivity index (χ1) is 13.5. The molecule has 140 valence electrons. The van der Waals surface area contributed by atoms with Crippen molar-refractivity contribution < 1.29 is 9.59 Å². The van der Waals surface area contributed by atoms with Gasteiger partial charge in [0.1, 0.15) is 5.69 Å². The molecule has 1 unspecified atom stereocenters. The highest BCUT2D eigenvalue weighted by Crippen LogP contribution is 2.49. The van der Waals surface area contributed by atoms with Gasteiger partial charge in [-0.05, 0) is 18.2 Å². The second kappa shape index (κ2) is 5.90. The minimum absolute atomic E-state index is 0.104. The topological polar surface area (TPSA) is 71.3 Å². The van der Waals surface area contributed by atoms with Crippen molar-refractivity contribution in [3.05, 3.63) is 82.7 Å². The molecule has 0 N–H and O–H groups in total. The summed E-state index contributed by atoms with van der Waals surface area (Å²) in [6.07, 6.45) is 6.41. The fourth-order valence-corrected chi connectivity index (χ4v) is 4.44. The fourth-order valence-electron chi connectivity index (χ4n) is 4.31. The lowest BCUT2D eigenvalue weighted by Gasteiger charge is -2.40. The first kappa shape index (κ1) is 16.9. The van der Waals surface area contributed by atoms with Gasteiger partial charge in [-0.25, -0.2) is 4.98 Å². The highest BCUT2D eigenvalue weighted by atomic mass is 35.5. The number of hydrogen-bond acceptors (Lipinski definition) is 4. The van der Waals surface area contributed by atoms with Crippen LogP contribution in [0.25, 0.3) is 0 Å². The van der Waals surface area contributed by atoms with Gasteiger partial charge in [0, 0.05) is 48.7 Å². The summed E-state index contributed by atoms with van der Waals surface area (Å²) in [6, 6.07) is 8.97. The molecule has 0 spiro atoms. The molecule has 2 aliphatic heterocycles. The number of pyridine rings is 1. The Hall–Kier alpha value is -3.19. The molecule has 5 rings (SSSR count). The van der Waals surface area contributed by atoms with Gasteiger partial charge in [0.15, 0.2) is 5.66 Å². The van der Waals surface area contributed by atoms with Gasteiger partial charge in [-0.3, -0.25) is 14.6 Å². The predicted molar refractivity (Wildman–Crippen MR) is 102 cm³/mol. The number of hydrogen-bond donors (Lipinski definition) is 0. The summed E-state index contributed by atoms with van der Waals surface area (Å²) in [7, 11) is 1.78. The number of rotatable bonds is 2. The highest BCUT2D eigenvalue weighted by Gasteiger charge is 2.60. The van der Waals surface area contributed by atoms with Crippen molar-refractivity contribution in [2.45, 2.75) is 5.66 Å². The van der Waals surface area contributed by atoms with Gasteiger partial charge in [0.2, 0.25) is 0 Å². The fraction of sp³-hybridized carbons (Fsp3) is 0.200. The van der Waals surface area contributed by atoms with Gasteiger partial charge in [-0.2, -0.15) is 0 Å². The van der Waals surface area contributed by atoms with Crippen LogP contribution >= 0.6 is 11.6 Å². The third-order valence-electron chi connectivity index (χ3n) is 5.53. The van der Waals surface area contributed by atoms with Crippen LogP contribution < -0.4 is 0 Å². The molecule has 0 aliphatic carbocycles. The summed E-state index contributed by atoms with van der Waals surface area (Å²) in [5.41, 5.74) is 1.47. The van der Waals surface area contributed by atoms with Crippen LogP contribution in [0.1, 0.15) is 32.0 Å². The molecule has 28 heavy (non-hydrogen) atoms. The molecular weight excluding hydrogens is 378 g/mol. The van der Waals surface area contributed by atoms with Crippen LogP contribution in [-0.4, -0.2) is 49.2 Å². The van der Waals surface area contributed by atoms with E-state index in [-0.39, 0.29) is 11.8 Å². The number of amides is 2. The molecule has 7 nitrogen and oxygen atoms in total. The van der Waals surface area contributed by atoms with E-state index in [9.17, 15) is 9.59 Å². The molecule has 8 heteroatoms. The van der Waals surface area contributed by atoms with E-state index in [0.29, 0.717) is 34.9 Å². The van der Waals surface area contributed by atoms with E-state index in [4.69, 9.17) is 11.6 Å². The minimum atomic E-state index is -1.05. The van der Waals surface area contributed by atoms with E-state index in [1.807, 2.05) is 12.1 Å². The second-order valence-corrected chi connectivity index (χ2v) is 7.34. The van der Waals surface area contributed by atoms with Gasteiger partial charge >= 0.3 is 0 Å². The second-order valence-electron chi connectivity index (χ2n) is 6.90. The highest BCUT2D eigenvalue weighted by molar-refractivity contribution is 6.30. The van der Waals surface area contributed by atoms with E-state index in [0.717, 1.165) is 5.56 Å². The van der Waals surface area contributed by atoms with E-state index >= 15 is 0 Å². The molecule has 1 atom stereocenters. The first-order valence-corrected chi connectivity index (χ1v) is 9.23. The third kappa shape index (κ3) is 2.05. The van der Waals surface area contributed by atoms with E-state index in [2.05, 4.69) is 9.97 Å².